The van der Waals surface area contributed by atoms with Gasteiger partial charge in [0.05, 0.1) is 0 Å². The van der Waals surface area contributed by atoms with E-state index in [0.29, 0.717) is 30.0 Å². The molecule has 2 rings (SSSR count). The van der Waals surface area contributed by atoms with E-state index in [1.54, 1.807) is 6.21 Å². The van der Waals surface area contributed by atoms with E-state index in [-0.39, 0.29) is 23.4 Å². The molecule has 31 heavy (non-hydrogen) atoms. The Hall–Kier alpha value is -2.38. The van der Waals surface area contributed by atoms with Crippen molar-refractivity contribution in [2.75, 3.05) is 0 Å². The van der Waals surface area contributed by atoms with Crippen LogP contribution in [0.2, 0.25) is 0 Å². The lowest BCUT2D eigenvalue weighted by atomic mass is 9.92. The zero-order valence-corrected chi connectivity index (χ0v) is 19.1. The zero-order valence-electron chi connectivity index (χ0n) is 19.1. The summed E-state index contributed by atoms with van der Waals surface area (Å²) in [5.41, 5.74) is -0.918. The number of aliphatic imine (C=N–C) groups is 1. The fraction of sp³-hybridized carbons (Fsp3) is 0.609. The highest BCUT2D eigenvalue weighted by Gasteiger charge is 2.32. The Morgan fingerprint density at radius 2 is 1.65 bits per heavy atom. The third-order valence-corrected chi connectivity index (χ3v) is 5.61. The lowest BCUT2D eigenvalue weighted by molar-refractivity contribution is -0.141. The third kappa shape index (κ3) is 7.67. The van der Waals surface area contributed by atoms with Crippen LogP contribution in [0.15, 0.2) is 23.2 Å². The first-order valence-electron chi connectivity index (χ1n) is 10.8. The molecule has 2 aromatic heterocycles. The molecule has 0 aliphatic heterocycles. The minimum Gasteiger partial charge on any atom is -0.240 e. The van der Waals surface area contributed by atoms with Crippen molar-refractivity contribution < 1.29 is 13.2 Å². The van der Waals surface area contributed by atoms with Gasteiger partial charge in [-0.15, -0.1) is 0 Å². The first-order valence-corrected chi connectivity index (χ1v) is 10.8. The highest BCUT2D eigenvalue weighted by molar-refractivity contribution is 5.64. The van der Waals surface area contributed by atoms with E-state index in [1.165, 1.54) is 12.1 Å². The number of nitrogens with zero attached hydrogens (tertiary/aromatic N) is 5. The van der Waals surface area contributed by atoms with Gasteiger partial charge in [-0.2, -0.15) is 23.1 Å². The third-order valence-electron chi connectivity index (χ3n) is 5.61. The van der Waals surface area contributed by atoms with Crippen molar-refractivity contribution in [1.82, 2.24) is 19.9 Å². The summed E-state index contributed by atoms with van der Waals surface area (Å²) in [4.78, 5) is 21.2. The number of aromatic nitrogens is 4. The van der Waals surface area contributed by atoms with E-state index in [9.17, 15) is 13.2 Å². The van der Waals surface area contributed by atoms with Gasteiger partial charge in [-0.05, 0) is 42.2 Å². The summed E-state index contributed by atoms with van der Waals surface area (Å²) >= 11 is 0. The summed E-state index contributed by atoms with van der Waals surface area (Å²) in [5, 5.41) is 0. The van der Waals surface area contributed by atoms with Crippen molar-refractivity contribution in [3.8, 4) is 11.5 Å². The molecule has 170 valence electrons. The summed E-state index contributed by atoms with van der Waals surface area (Å²) in [7, 11) is 0. The Labute approximate surface area is 182 Å². The SMILES string of the molecule is CC(C)C(C)/C=N\c1nc(CCCC(C)C(C)C)nc(-c2cccc(C(F)(F)F)n2)n1. The Morgan fingerprint density at radius 3 is 2.26 bits per heavy atom. The number of aryl methyl sites for hydroxylation is 1. The van der Waals surface area contributed by atoms with Crippen LogP contribution >= 0.6 is 0 Å². The van der Waals surface area contributed by atoms with Crippen molar-refractivity contribution in [3.63, 3.8) is 0 Å². The van der Waals surface area contributed by atoms with Crippen molar-refractivity contribution >= 4 is 12.2 Å². The summed E-state index contributed by atoms with van der Waals surface area (Å²) in [6.45, 7) is 12.8. The molecule has 0 spiro atoms. The van der Waals surface area contributed by atoms with Gasteiger partial charge < -0.3 is 0 Å². The molecular weight excluding hydrogens is 403 g/mol. The maximum atomic E-state index is 13.1. The molecule has 8 heteroatoms. The molecule has 2 unspecified atom stereocenters. The van der Waals surface area contributed by atoms with Crippen LogP contribution in [0.25, 0.3) is 11.5 Å². The molecule has 0 aromatic carbocycles. The Bertz CT molecular complexity index is 878. The second kappa shape index (κ2) is 10.8. The molecule has 0 amide bonds. The molecule has 2 heterocycles. The smallest absolute Gasteiger partial charge is 0.240 e. The standard InChI is InChI=1S/C23H32F3N5/c1-14(2)16(5)9-7-12-20-29-21(18-10-8-11-19(28-18)23(24,25)26)31-22(30-20)27-13-17(6)15(3)4/h8,10-11,13-17H,7,9,12H2,1-6H3/b27-13-. The number of pyridine rings is 1. The maximum Gasteiger partial charge on any atom is 0.433 e. The van der Waals surface area contributed by atoms with Crippen LogP contribution < -0.4 is 0 Å². The quantitative estimate of drug-likeness (QED) is 0.418. The zero-order chi connectivity index (χ0) is 23.2. The number of rotatable bonds is 9. The second-order valence-electron chi connectivity index (χ2n) is 8.78. The Balaban J connectivity index is 2.37. The average molecular weight is 436 g/mol. The largest absolute Gasteiger partial charge is 0.433 e. The molecule has 5 nitrogen and oxygen atoms in total. The normalized spacial score (nSPS) is 14.5. The summed E-state index contributed by atoms with van der Waals surface area (Å²) in [5.74, 6) is 2.58. The van der Waals surface area contributed by atoms with Crippen molar-refractivity contribution in [3.05, 3.63) is 29.7 Å². The second-order valence-corrected chi connectivity index (χ2v) is 8.78. The molecule has 0 radical (unpaired) electrons. The summed E-state index contributed by atoms with van der Waals surface area (Å²) in [6, 6.07) is 3.71. The summed E-state index contributed by atoms with van der Waals surface area (Å²) < 4.78 is 39.3. The highest BCUT2D eigenvalue weighted by Crippen LogP contribution is 2.29. The Kier molecular flexibility index (Phi) is 8.65. The van der Waals surface area contributed by atoms with Crippen LogP contribution in [-0.2, 0) is 12.6 Å². The molecule has 2 atom stereocenters. The number of hydrogen-bond acceptors (Lipinski definition) is 5. The van der Waals surface area contributed by atoms with E-state index in [4.69, 9.17) is 0 Å². The van der Waals surface area contributed by atoms with Gasteiger partial charge in [0, 0.05) is 12.6 Å². The van der Waals surface area contributed by atoms with Gasteiger partial charge in [0.2, 0.25) is 0 Å². The minimum absolute atomic E-state index is 0.0578. The van der Waals surface area contributed by atoms with Crippen LogP contribution in [-0.4, -0.2) is 26.2 Å². The first-order chi connectivity index (χ1) is 14.5. The maximum absolute atomic E-state index is 13.1. The van der Waals surface area contributed by atoms with E-state index >= 15 is 0 Å². The number of halogens is 3. The first kappa shape index (κ1) is 24.9. The lowest BCUT2D eigenvalue weighted by Crippen LogP contribution is -2.10. The van der Waals surface area contributed by atoms with Gasteiger partial charge in [0.15, 0.2) is 5.82 Å². The van der Waals surface area contributed by atoms with Crippen LogP contribution in [0.5, 0.6) is 0 Å². The fourth-order valence-corrected chi connectivity index (χ4v) is 2.68. The van der Waals surface area contributed by atoms with Crippen molar-refractivity contribution in [2.24, 2.45) is 28.7 Å². The van der Waals surface area contributed by atoms with Crippen LogP contribution in [0.3, 0.4) is 0 Å². The lowest BCUT2D eigenvalue weighted by Gasteiger charge is -2.14. The highest BCUT2D eigenvalue weighted by atomic mass is 19.4. The fourth-order valence-electron chi connectivity index (χ4n) is 2.68. The topological polar surface area (TPSA) is 63.9 Å². The molecule has 0 bridgehead atoms. The predicted octanol–water partition coefficient (Wildman–Crippen LogP) is 6.56. The summed E-state index contributed by atoms with van der Waals surface area (Å²) in [6.07, 6.45) is -0.262. The van der Waals surface area contributed by atoms with E-state index in [1.807, 2.05) is 6.92 Å². The Morgan fingerprint density at radius 1 is 0.935 bits per heavy atom. The van der Waals surface area contributed by atoms with E-state index in [0.717, 1.165) is 18.9 Å². The molecule has 0 N–H and O–H groups in total. The van der Waals surface area contributed by atoms with Crippen LogP contribution in [0, 0.1) is 23.7 Å². The van der Waals surface area contributed by atoms with Crippen molar-refractivity contribution in [2.45, 2.75) is 67.0 Å². The van der Waals surface area contributed by atoms with Gasteiger partial charge in [-0.3, -0.25) is 0 Å². The molecular formula is C23H32F3N5. The monoisotopic (exact) mass is 435 g/mol. The predicted molar refractivity (Wildman–Crippen MR) is 117 cm³/mol. The molecule has 2 aromatic rings. The molecule has 0 aliphatic rings. The van der Waals surface area contributed by atoms with E-state index < -0.39 is 11.9 Å². The molecule has 0 saturated heterocycles. The van der Waals surface area contributed by atoms with Gasteiger partial charge in [0.1, 0.15) is 17.2 Å². The van der Waals surface area contributed by atoms with Crippen LogP contribution in [0.4, 0.5) is 19.1 Å². The van der Waals surface area contributed by atoms with Gasteiger partial charge >= 0.3 is 6.18 Å². The number of alkyl halides is 3. The van der Waals surface area contributed by atoms with Crippen molar-refractivity contribution in [1.29, 1.82) is 0 Å². The number of hydrogen-bond donors (Lipinski definition) is 0. The van der Waals surface area contributed by atoms with Crippen LogP contribution in [0.1, 0.15) is 65.9 Å². The molecule has 0 saturated carbocycles. The molecule has 0 aliphatic carbocycles. The average Bonchev–Trinajstić information content (AvgIpc) is 2.71. The van der Waals surface area contributed by atoms with E-state index in [2.05, 4.69) is 59.5 Å². The van der Waals surface area contributed by atoms with Gasteiger partial charge in [-0.25, -0.2) is 15.0 Å². The minimum atomic E-state index is -4.54. The van der Waals surface area contributed by atoms with Gasteiger partial charge in [-0.1, -0.05) is 54.0 Å². The molecule has 0 fully saturated rings. The van der Waals surface area contributed by atoms with Gasteiger partial charge in [0.25, 0.3) is 5.95 Å².